The first-order valence-corrected chi connectivity index (χ1v) is 13.9. The average Bonchev–Trinajstić information content (AvgIpc) is 2.88. The zero-order valence-electron chi connectivity index (χ0n) is 21.8. The van der Waals surface area contributed by atoms with E-state index in [0.29, 0.717) is 23.8 Å². The smallest absolute Gasteiger partial charge is 0.406 e. The van der Waals surface area contributed by atoms with Crippen molar-refractivity contribution in [2.24, 2.45) is 11.8 Å². The Labute approximate surface area is 218 Å². The van der Waals surface area contributed by atoms with Crippen LogP contribution in [0.5, 0.6) is 5.75 Å². The van der Waals surface area contributed by atoms with Gasteiger partial charge in [0, 0.05) is 5.39 Å². The number of hydrogen-bond donors (Lipinski definition) is 0. The fourth-order valence-corrected chi connectivity index (χ4v) is 5.73. The average molecular weight is 515 g/mol. The molecule has 0 heterocycles. The lowest BCUT2D eigenvalue weighted by molar-refractivity contribution is -0.274. The summed E-state index contributed by atoms with van der Waals surface area (Å²) >= 11 is 0. The van der Waals surface area contributed by atoms with Crippen LogP contribution >= 0.6 is 0 Å². The van der Waals surface area contributed by atoms with Crippen molar-refractivity contribution in [3.05, 3.63) is 77.1 Å². The maximum absolute atomic E-state index is 15.2. The van der Waals surface area contributed by atoms with E-state index in [1.807, 2.05) is 18.2 Å². The van der Waals surface area contributed by atoms with Gasteiger partial charge >= 0.3 is 6.36 Å². The molecule has 3 aromatic rings. The van der Waals surface area contributed by atoms with Crippen LogP contribution in [0.2, 0.25) is 0 Å². The largest absolute Gasteiger partial charge is 0.573 e. The van der Waals surface area contributed by atoms with E-state index < -0.39 is 6.36 Å². The van der Waals surface area contributed by atoms with Crippen LogP contribution in [-0.2, 0) is 19.3 Å². The molecule has 0 radical (unpaired) electrons. The summed E-state index contributed by atoms with van der Waals surface area (Å²) in [6.07, 6.45) is 9.46. The van der Waals surface area contributed by atoms with Crippen LogP contribution in [0.1, 0.15) is 81.4 Å². The lowest BCUT2D eigenvalue weighted by Gasteiger charge is -2.28. The normalized spacial score (nSPS) is 18.3. The maximum Gasteiger partial charge on any atom is 0.573 e. The highest BCUT2D eigenvalue weighted by atomic mass is 19.4. The van der Waals surface area contributed by atoms with E-state index in [0.717, 1.165) is 29.2 Å². The van der Waals surface area contributed by atoms with Crippen molar-refractivity contribution in [3.8, 4) is 5.75 Å². The van der Waals surface area contributed by atoms with Gasteiger partial charge in [-0.15, -0.1) is 13.2 Å². The number of halogens is 4. The zero-order valence-corrected chi connectivity index (χ0v) is 21.8. The molecule has 1 fully saturated rings. The van der Waals surface area contributed by atoms with E-state index in [9.17, 15) is 13.2 Å². The molecule has 37 heavy (non-hydrogen) atoms. The Bertz CT molecular complexity index is 1130. The van der Waals surface area contributed by atoms with E-state index in [2.05, 4.69) is 23.8 Å². The molecule has 200 valence electrons. The summed E-state index contributed by atoms with van der Waals surface area (Å²) in [6, 6.07) is 15.7. The van der Waals surface area contributed by atoms with Crippen molar-refractivity contribution < 1.29 is 22.3 Å². The second-order valence-corrected chi connectivity index (χ2v) is 10.7. The van der Waals surface area contributed by atoms with E-state index in [4.69, 9.17) is 0 Å². The number of ether oxygens (including phenoxy) is 1. The van der Waals surface area contributed by atoms with Crippen molar-refractivity contribution in [2.75, 3.05) is 0 Å². The van der Waals surface area contributed by atoms with Crippen LogP contribution in [0.3, 0.4) is 0 Å². The van der Waals surface area contributed by atoms with Gasteiger partial charge < -0.3 is 4.74 Å². The minimum absolute atomic E-state index is 0.206. The van der Waals surface area contributed by atoms with Gasteiger partial charge in [-0.2, -0.15) is 0 Å². The molecule has 1 nitrogen and oxygen atoms in total. The Morgan fingerprint density at radius 3 is 2.11 bits per heavy atom. The molecule has 0 atom stereocenters. The number of unbranched alkanes of at least 4 members (excludes halogenated alkanes) is 2. The van der Waals surface area contributed by atoms with Gasteiger partial charge in [0.15, 0.2) is 0 Å². The van der Waals surface area contributed by atoms with Gasteiger partial charge in [-0.1, -0.05) is 101 Å². The molecule has 0 amide bonds. The third-order valence-corrected chi connectivity index (χ3v) is 7.96. The molecule has 1 saturated carbocycles. The van der Waals surface area contributed by atoms with Gasteiger partial charge in [-0.05, 0) is 71.7 Å². The fraction of sp³-hybridized carbons (Fsp3) is 0.500. The Hall–Kier alpha value is -2.56. The summed E-state index contributed by atoms with van der Waals surface area (Å²) in [5.41, 5.74) is 2.72. The van der Waals surface area contributed by atoms with E-state index in [1.165, 1.54) is 75.5 Å². The Balaban J connectivity index is 1.29. The highest BCUT2D eigenvalue weighted by Gasteiger charge is 2.31. The molecule has 0 aromatic heterocycles. The van der Waals surface area contributed by atoms with Gasteiger partial charge in [-0.25, -0.2) is 4.39 Å². The molecule has 0 saturated heterocycles. The zero-order chi connectivity index (χ0) is 26.3. The molecule has 0 N–H and O–H groups in total. The lowest BCUT2D eigenvalue weighted by atomic mass is 9.77. The van der Waals surface area contributed by atoms with Crippen LogP contribution in [0.25, 0.3) is 10.8 Å². The minimum Gasteiger partial charge on any atom is -0.406 e. The standard InChI is InChI=1S/C32H38F4O/c1-2-3-4-5-23-6-8-24(9-7-23)10-11-26-15-21-30-28(22-26)18-17-27(31(30)33)16-12-25-13-19-29(20-14-25)37-32(34,35)36/h13-15,17-24H,2-12,16H2,1H3. The van der Waals surface area contributed by atoms with Crippen LogP contribution < -0.4 is 4.74 Å². The summed E-state index contributed by atoms with van der Waals surface area (Å²) < 4.78 is 56.1. The van der Waals surface area contributed by atoms with E-state index in [1.54, 1.807) is 12.1 Å². The molecule has 3 aromatic carbocycles. The third kappa shape index (κ3) is 8.21. The van der Waals surface area contributed by atoms with Crippen molar-refractivity contribution in [2.45, 2.75) is 90.3 Å². The van der Waals surface area contributed by atoms with Gasteiger partial charge in [-0.3, -0.25) is 0 Å². The lowest BCUT2D eigenvalue weighted by Crippen LogP contribution is -2.17. The van der Waals surface area contributed by atoms with Crippen molar-refractivity contribution in [1.82, 2.24) is 0 Å². The first kappa shape index (κ1) is 27.5. The number of aryl methyl sites for hydroxylation is 3. The molecule has 0 unspecified atom stereocenters. The molecule has 4 rings (SSSR count). The Morgan fingerprint density at radius 2 is 1.43 bits per heavy atom. The Morgan fingerprint density at radius 1 is 0.757 bits per heavy atom. The minimum atomic E-state index is -4.71. The number of benzene rings is 3. The van der Waals surface area contributed by atoms with E-state index >= 15 is 4.39 Å². The molecule has 0 spiro atoms. The first-order valence-electron chi connectivity index (χ1n) is 13.9. The molecule has 1 aliphatic carbocycles. The summed E-state index contributed by atoms with van der Waals surface area (Å²) in [4.78, 5) is 0. The van der Waals surface area contributed by atoms with Crippen LogP contribution in [0, 0.1) is 17.7 Å². The molecule has 1 aliphatic rings. The SMILES string of the molecule is CCCCCC1CCC(CCc2ccc3c(F)c(CCc4ccc(OC(F)(F)F)cc4)ccc3c2)CC1. The fourth-order valence-electron chi connectivity index (χ4n) is 5.73. The van der Waals surface area contributed by atoms with E-state index in [-0.39, 0.29) is 11.6 Å². The number of rotatable bonds is 11. The van der Waals surface area contributed by atoms with Gasteiger partial charge in [0.25, 0.3) is 0 Å². The monoisotopic (exact) mass is 514 g/mol. The van der Waals surface area contributed by atoms with Crippen LogP contribution in [-0.4, -0.2) is 6.36 Å². The van der Waals surface area contributed by atoms with Gasteiger partial charge in [0.1, 0.15) is 11.6 Å². The van der Waals surface area contributed by atoms with Gasteiger partial charge in [0.2, 0.25) is 0 Å². The molecule has 0 aliphatic heterocycles. The first-order chi connectivity index (χ1) is 17.8. The predicted octanol–water partition coefficient (Wildman–Crippen LogP) is 9.98. The summed E-state index contributed by atoms with van der Waals surface area (Å²) in [6.45, 7) is 2.27. The third-order valence-electron chi connectivity index (χ3n) is 7.96. The van der Waals surface area contributed by atoms with Crippen molar-refractivity contribution in [1.29, 1.82) is 0 Å². The highest BCUT2D eigenvalue weighted by molar-refractivity contribution is 5.84. The van der Waals surface area contributed by atoms with Crippen LogP contribution in [0.15, 0.2) is 54.6 Å². The number of alkyl halides is 3. The molecular weight excluding hydrogens is 476 g/mol. The highest BCUT2D eigenvalue weighted by Crippen LogP contribution is 2.34. The summed E-state index contributed by atoms with van der Waals surface area (Å²) in [5, 5.41) is 1.55. The number of fused-ring (bicyclic) bond motifs is 1. The van der Waals surface area contributed by atoms with Gasteiger partial charge in [0.05, 0.1) is 0 Å². The second kappa shape index (κ2) is 12.8. The second-order valence-electron chi connectivity index (χ2n) is 10.7. The summed E-state index contributed by atoms with van der Waals surface area (Å²) in [5.74, 6) is 1.29. The molecule has 0 bridgehead atoms. The summed E-state index contributed by atoms with van der Waals surface area (Å²) in [7, 11) is 0. The quantitative estimate of drug-likeness (QED) is 0.183. The maximum atomic E-state index is 15.2. The Kier molecular flexibility index (Phi) is 9.50. The van der Waals surface area contributed by atoms with Crippen molar-refractivity contribution >= 4 is 10.8 Å². The number of hydrogen-bond acceptors (Lipinski definition) is 1. The van der Waals surface area contributed by atoms with Crippen molar-refractivity contribution in [3.63, 3.8) is 0 Å². The topological polar surface area (TPSA) is 9.23 Å². The molecule has 5 heteroatoms. The molecular formula is C32H38F4O. The predicted molar refractivity (Wildman–Crippen MR) is 142 cm³/mol. The van der Waals surface area contributed by atoms with Crippen LogP contribution in [0.4, 0.5) is 17.6 Å².